The number of hydrogen-bond acceptors (Lipinski definition) is 2. The van der Waals surface area contributed by atoms with Crippen molar-refractivity contribution in [3.63, 3.8) is 0 Å². The molecule has 20 heavy (non-hydrogen) atoms. The highest BCUT2D eigenvalue weighted by Gasteiger charge is 2.29. The number of nitrogens with one attached hydrogen (secondary N) is 1. The molecule has 2 rings (SSSR count). The van der Waals surface area contributed by atoms with Gasteiger partial charge in [0.2, 0.25) is 0 Å². The lowest BCUT2D eigenvalue weighted by atomic mass is 9.94. The fourth-order valence-electron chi connectivity index (χ4n) is 2.74. The summed E-state index contributed by atoms with van der Waals surface area (Å²) < 4.78 is 28.4. The van der Waals surface area contributed by atoms with Crippen molar-refractivity contribution in [2.24, 2.45) is 5.92 Å². The Kier molecular flexibility index (Phi) is 5.35. The highest BCUT2D eigenvalue weighted by molar-refractivity contribution is 6.30. The Balaban J connectivity index is 2.37. The summed E-state index contributed by atoms with van der Waals surface area (Å²) >= 11 is 5.83. The summed E-state index contributed by atoms with van der Waals surface area (Å²) in [5.41, 5.74) is 0.119. The molecule has 1 atom stereocenters. The van der Waals surface area contributed by atoms with E-state index in [1.165, 1.54) is 12.1 Å². The lowest BCUT2D eigenvalue weighted by molar-refractivity contribution is 0.147. The molecule has 1 aliphatic rings. The van der Waals surface area contributed by atoms with Crippen molar-refractivity contribution < 1.29 is 8.78 Å². The van der Waals surface area contributed by atoms with Crippen LogP contribution in [0.15, 0.2) is 12.1 Å². The molecule has 1 aromatic rings. The molecule has 0 bridgehead atoms. The molecule has 0 aromatic heterocycles. The van der Waals surface area contributed by atoms with E-state index in [1.54, 1.807) is 0 Å². The summed E-state index contributed by atoms with van der Waals surface area (Å²) in [4.78, 5) is 2.15. The fraction of sp³-hybridized carbons (Fsp3) is 0.600. The van der Waals surface area contributed by atoms with Gasteiger partial charge in [-0.25, -0.2) is 8.78 Å². The Morgan fingerprint density at radius 1 is 1.25 bits per heavy atom. The van der Waals surface area contributed by atoms with Gasteiger partial charge in [0.05, 0.1) is 5.02 Å². The Hall–Kier alpha value is -0.710. The average Bonchev–Trinajstić information content (AvgIpc) is 2.43. The minimum Gasteiger partial charge on any atom is -0.314 e. The maximum atomic E-state index is 14.3. The summed E-state index contributed by atoms with van der Waals surface area (Å²) in [7, 11) is 0. The molecule has 5 heteroatoms. The predicted molar refractivity (Wildman–Crippen MR) is 78.0 cm³/mol. The van der Waals surface area contributed by atoms with E-state index in [4.69, 9.17) is 11.6 Å². The van der Waals surface area contributed by atoms with Crippen LogP contribution in [-0.2, 0) is 0 Å². The van der Waals surface area contributed by atoms with Gasteiger partial charge in [0.1, 0.15) is 11.6 Å². The molecule has 1 N–H and O–H groups in total. The molecule has 0 unspecified atom stereocenters. The molecular formula is C15H21ClF2N2. The first kappa shape index (κ1) is 15.7. The number of hydrogen-bond donors (Lipinski definition) is 1. The number of benzene rings is 1. The lowest BCUT2D eigenvalue weighted by Gasteiger charge is -2.36. The Labute approximate surface area is 124 Å². The van der Waals surface area contributed by atoms with Crippen LogP contribution in [0.4, 0.5) is 8.78 Å². The molecule has 2 nitrogen and oxygen atoms in total. The first-order valence-corrected chi connectivity index (χ1v) is 7.46. The van der Waals surface area contributed by atoms with Gasteiger partial charge in [-0.15, -0.1) is 0 Å². The Morgan fingerprint density at radius 2 is 1.90 bits per heavy atom. The van der Waals surface area contributed by atoms with Gasteiger partial charge in [-0.05, 0) is 24.5 Å². The molecule has 0 radical (unpaired) electrons. The first-order valence-electron chi connectivity index (χ1n) is 7.09. The van der Waals surface area contributed by atoms with Gasteiger partial charge >= 0.3 is 0 Å². The van der Waals surface area contributed by atoms with E-state index in [0.29, 0.717) is 12.3 Å². The van der Waals surface area contributed by atoms with Crippen LogP contribution in [0.5, 0.6) is 0 Å². The third-order valence-corrected chi connectivity index (χ3v) is 3.99. The summed E-state index contributed by atoms with van der Waals surface area (Å²) in [6, 6.07) is 2.28. The van der Waals surface area contributed by atoms with Crippen molar-refractivity contribution in [3.05, 3.63) is 34.4 Å². The van der Waals surface area contributed by atoms with Gasteiger partial charge in [-0.2, -0.15) is 0 Å². The highest BCUT2D eigenvalue weighted by atomic mass is 35.5. The minimum absolute atomic E-state index is 0.00899. The van der Waals surface area contributed by atoms with E-state index >= 15 is 0 Å². The van der Waals surface area contributed by atoms with E-state index in [1.807, 2.05) is 0 Å². The van der Waals surface area contributed by atoms with E-state index < -0.39 is 11.6 Å². The van der Waals surface area contributed by atoms with Gasteiger partial charge in [-0.1, -0.05) is 25.4 Å². The maximum absolute atomic E-state index is 14.3. The smallest absolute Gasteiger partial charge is 0.149 e. The van der Waals surface area contributed by atoms with E-state index in [9.17, 15) is 8.78 Å². The number of piperazine rings is 1. The number of halogens is 3. The van der Waals surface area contributed by atoms with Crippen LogP contribution in [0, 0.1) is 17.6 Å². The van der Waals surface area contributed by atoms with Crippen LogP contribution < -0.4 is 5.32 Å². The minimum atomic E-state index is -0.615. The zero-order valence-corrected chi connectivity index (χ0v) is 12.7. The van der Waals surface area contributed by atoms with Gasteiger partial charge < -0.3 is 5.32 Å². The monoisotopic (exact) mass is 302 g/mol. The van der Waals surface area contributed by atoms with Crippen LogP contribution in [0.3, 0.4) is 0 Å². The van der Waals surface area contributed by atoms with E-state index in [2.05, 4.69) is 24.1 Å². The molecule has 1 fully saturated rings. The van der Waals surface area contributed by atoms with Gasteiger partial charge in [0.15, 0.2) is 0 Å². The molecule has 112 valence electrons. The van der Waals surface area contributed by atoms with Crippen LogP contribution in [0.1, 0.15) is 31.9 Å². The fourth-order valence-corrected chi connectivity index (χ4v) is 2.90. The van der Waals surface area contributed by atoms with E-state index in [-0.39, 0.29) is 16.6 Å². The third-order valence-electron chi connectivity index (χ3n) is 3.70. The quantitative estimate of drug-likeness (QED) is 0.855. The molecule has 1 aliphatic heterocycles. The van der Waals surface area contributed by atoms with Crippen molar-refractivity contribution in [1.82, 2.24) is 10.2 Å². The van der Waals surface area contributed by atoms with Crippen molar-refractivity contribution in [3.8, 4) is 0 Å². The van der Waals surface area contributed by atoms with Crippen LogP contribution in [0.25, 0.3) is 0 Å². The SMILES string of the molecule is CC(C)C[C@H](c1c(F)ccc(Cl)c1F)N1CCNCC1. The number of rotatable bonds is 4. The molecule has 0 spiro atoms. The zero-order valence-electron chi connectivity index (χ0n) is 11.9. The zero-order chi connectivity index (χ0) is 14.7. The Morgan fingerprint density at radius 3 is 2.50 bits per heavy atom. The van der Waals surface area contributed by atoms with Gasteiger partial charge in [0, 0.05) is 37.8 Å². The molecule has 1 heterocycles. The standard InChI is InChI=1S/C15H21ClF2N2/c1-10(2)9-13(20-7-5-19-6-8-20)14-12(17)4-3-11(16)15(14)18/h3-4,10,13,19H,5-9H2,1-2H3/t13-/m1/s1. The van der Waals surface area contributed by atoms with Gasteiger partial charge in [-0.3, -0.25) is 4.90 Å². The van der Waals surface area contributed by atoms with Crippen molar-refractivity contribution in [1.29, 1.82) is 0 Å². The van der Waals surface area contributed by atoms with E-state index in [0.717, 1.165) is 26.2 Å². The molecule has 1 saturated heterocycles. The lowest BCUT2D eigenvalue weighted by Crippen LogP contribution is -2.45. The topological polar surface area (TPSA) is 15.3 Å². The summed E-state index contributed by atoms with van der Waals surface area (Å²) in [6.07, 6.45) is 0.716. The summed E-state index contributed by atoms with van der Waals surface area (Å²) in [6.45, 7) is 7.41. The first-order chi connectivity index (χ1) is 9.50. The third kappa shape index (κ3) is 3.48. The molecular weight excluding hydrogens is 282 g/mol. The normalized spacial score (nSPS) is 18.5. The van der Waals surface area contributed by atoms with Gasteiger partial charge in [0.25, 0.3) is 0 Å². The van der Waals surface area contributed by atoms with Crippen LogP contribution >= 0.6 is 11.6 Å². The molecule has 0 saturated carbocycles. The molecule has 1 aromatic carbocycles. The highest BCUT2D eigenvalue weighted by Crippen LogP contribution is 2.34. The maximum Gasteiger partial charge on any atom is 0.149 e. The van der Waals surface area contributed by atoms with Crippen LogP contribution in [0.2, 0.25) is 5.02 Å². The van der Waals surface area contributed by atoms with Crippen LogP contribution in [-0.4, -0.2) is 31.1 Å². The van der Waals surface area contributed by atoms with Crippen molar-refractivity contribution >= 4 is 11.6 Å². The Bertz CT molecular complexity index is 459. The second-order valence-corrected chi connectivity index (χ2v) is 6.10. The summed E-state index contributed by atoms with van der Waals surface area (Å²) in [5.74, 6) is -0.764. The molecule has 0 aliphatic carbocycles. The second kappa shape index (κ2) is 6.83. The number of nitrogens with zero attached hydrogens (tertiary/aromatic N) is 1. The second-order valence-electron chi connectivity index (χ2n) is 5.69. The van der Waals surface area contributed by atoms with Crippen molar-refractivity contribution in [2.75, 3.05) is 26.2 Å². The van der Waals surface area contributed by atoms with Crippen molar-refractivity contribution in [2.45, 2.75) is 26.3 Å². The summed E-state index contributed by atoms with van der Waals surface area (Å²) in [5, 5.41) is 3.25. The average molecular weight is 303 g/mol. The molecule has 0 amide bonds. The predicted octanol–water partition coefficient (Wildman–Crippen LogP) is 3.61. The largest absolute Gasteiger partial charge is 0.314 e.